The number of hydrogen-bond donors (Lipinski definition) is 4. The molecule has 0 fully saturated rings. The SMILES string of the molecule is Cc1[nH]nc(CCC(=O)N[C@@H](C(=O)O)c2ccc(O)cc2)c1C. The summed E-state index contributed by atoms with van der Waals surface area (Å²) in [7, 11) is 0. The van der Waals surface area contributed by atoms with Crippen LogP contribution in [0.1, 0.15) is 35.0 Å². The molecule has 1 aromatic heterocycles. The van der Waals surface area contributed by atoms with Gasteiger partial charge in [0.2, 0.25) is 5.91 Å². The quantitative estimate of drug-likeness (QED) is 0.646. The third-order valence-corrected chi connectivity index (χ3v) is 3.72. The van der Waals surface area contributed by atoms with Gasteiger partial charge in [-0.15, -0.1) is 0 Å². The Kier molecular flexibility index (Phi) is 5.00. The molecule has 0 unspecified atom stereocenters. The third kappa shape index (κ3) is 4.09. The number of nitrogens with zero attached hydrogens (tertiary/aromatic N) is 1. The van der Waals surface area contributed by atoms with E-state index in [-0.39, 0.29) is 18.1 Å². The summed E-state index contributed by atoms with van der Waals surface area (Å²) in [5.41, 5.74) is 3.16. The summed E-state index contributed by atoms with van der Waals surface area (Å²) < 4.78 is 0. The molecular formula is C16H19N3O4. The maximum Gasteiger partial charge on any atom is 0.330 e. The number of aromatic hydroxyl groups is 1. The minimum absolute atomic E-state index is 0.0357. The van der Waals surface area contributed by atoms with Gasteiger partial charge in [-0.25, -0.2) is 4.79 Å². The van der Waals surface area contributed by atoms with Crippen molar-refractivity contribution in [2.24, 2.45) is 0 Å². The number of amides is 1. The summed E-state index contributed by atoms with van der Waals surface area (Å²) in [5, 5.41) is 28.0. The Bertz CT molecular complexity index is 707. The van der Waals surface area contributed by atoms with Crippen molar-refractivity contribution in [2.75, 3.05) is 0 Å². The van der Waals surface area contributed by atoms with Crippen molar-refractivity contribution >= 4 is 11.9 Å². The van der Waals surface area contributed by atoms with Crippen LogP contribution in [0.3, 0.4) is 0 Å². The zero-order valence-electron chi connectivity index (χ0n) is 13.0. The number of carboxylic acid groups (broad SMARTS) is 1. The number of aromatic amines is 1. The number of carbonyl (C=O) groups is 2. The number of benzene rings is 1. The second kappa shape index (κ2) is 6.95. The Morgan fingerprint density at radius 3 is 2.43 bits per heavy atom. The third-order valence-electron chi connectivity index (χ3n) is 3.72. The first-order valence-corrected chi connectivity index (χ1v) is 7.20. The molecule has 0 saturated carbocycles. The lowest BCUT2D eigenvalue weighted by molar-refractivity contribution is -0.142. The van der Waals surface area contributed by atoms with Crippen molar-refractivity contribution in [1.29, 1.82) is 0 Å². The summed E-state index contributed by atoms with van der Waals surface area (Å²) in [6.45, 7) is 3.82. The van der Waals surface area contributed by atoms with Crippen LogP contribution >= 0.6 is 0 Å². The lowest BCUT2D eigenvalue weighted by Crippen LogP contribution is -2.33. The van der Waals surface area contributed by atoms with Crippen molar-refractivity contribution in [2.45, 2.75) is 32.7 Å². The van der Waals surface area contributed by atoms with Gasteiger partial charge in [-0.05, 0) is 37.1 Å². The molecule has 0 saturated heterocycles. The number of aliphatic carboxylic acids is 1. The van der Waals surface area contributed by atoms with Crippen LogP contribution in [-0.2, 0) is 16.0 Å². The molecule has 0 aliphatic heterocycles. The van der Waals surface area contributed by atoms with Crippen molar-refractivity contribution < 1.29 is 19.8 Å². The van der Waals surface area contributed by atoms with E-state index >= 15 is 0 Å². The molecular weight excluding hydrogens is 298 g/mol. The molecule has 23 heavy (non-hydrogen) atoms. The highest BCUT2D eigenvalue weighted by atomic mass is 16.4. The van der Waals surface area contributed by atoms with Crippen LogP contribution in [0.2, 0.25) is 0 Å². The predicted octanol–water partition coefficient (Wildman–Crippen LogP) is 1.61. The van der Waals surface area contributed by atoms with E-state index in [1.54, 1.807) is 0 Å². The van der Waals surface area contributed by atoms with E-state index in [9.17, 15) is 19.8 Å². The van der Waals surface area contributed by atoms with Gasteiger partial charge >= 0.3 is 5.97 Å². The van der Waals surface area contributed by atoms with Crippen molar-refractivity contribution in [3.63, 3.8) is 0 Å². The molecule has 2 rings (SSSR count). The molecule has 0 aliphatic carbocycles. The maximum absolute atomic E-state index is 12.0. The fourth-order valence-electron chi connectivity index (χ4n) is 2.20. The van der Waals surface area contributed by atoms with E-state index in [4.69, 9.17) is 0 Å². The number of phenolic OH excluding ortho intramolecular Hbond substituents is 1. The molecule has 0 radical (unpaired) electrons. The smallest absolute Gasteiger partial charge is 0.330 e. The predicted molar refractivity (Wildman–Crippen MR) is 83.0 cm³/mol. The molecule has 122 valence electrons. The van der Waals surface area contributed by atoms with Crippen LogP contribution in [0, 0.1) is 13.8 Å². The van der Waals surface area contributed by atoms with Crippen LogP contribution in [0.5, 0.6) is 5.75 Å². The van der Waals surface area contributed by atoms with E-state index in [0.29, 0.717) is 12.0 Å². The maximum atomic E-state index is 12.0. The van der Waals surface area contributed by atoms with Crippen molar-refractivity contribution in [1.82, 2.24) is 15.5 Å². The topological polar surface area (TPSA) is 115 Å². The van der Waals surface area contributed by atoms with Gasteiger partial charge in [0.05, 0.1) is 5.69 Å². The number of nitrogens with one attached hydrogen (secondary N) is 2. The van der Waals surface area contributed by atoms with Gasteiger partial charge in [-0.3, -0.25) is 9.89 Å². The molecule has 7 nitrogen and oxygen atoms in total. The number of aryl methyl sites for hydroxylation is 2. The lowest BCUT2D eigenvalue weighted by Gasteiger charge is -2.15. The molecule has 1 aromatic carbocycles. The van der Waals surface area contributed by atoms with Crippen molar-refractivity contribution in [3.8, 4) is 5.75 Å². The average molecular weight is 317 g/mol. The number of carboxylic acids is 1. The largest absolute Gasteiger partial charge is 0.508 e. The summed E-state index contributed by atoms with van der Waals surface area (Å²) >= 11 is 0. The van der Waals surface area contributed by atoms with Gasteiger partial charge in [0.15, 0.2) is 6.04 Å². The molecule has 1 heterocycles. The lowest BCUT2D eigenvalue weighted by atomic mass is 10.1. The molecule has 0 spiro atoms. The van der Waals surface area contributed by atoms with Gasteiger partial charge in [-0.1, -0.05) is 12.1 Å². The molecule has 2 aromatic rings. The van der Waals surface area contributed by atoms with Gasteiger partial charge in [0.1, 0.15) is 5.75 Å². The second-order valence-electron chi connectivity index (χ2n) is 5.35. The molecule has 7 heteroatoms. The Labute approximate surface area is 133 Å². The van der Waals surface area contributed by atoms with Crippen LogP contribution in [0.15, 0.2) is 24.3 Å². The summed E-state index contributed by atoms with van der Waals surface area (Å²) in [4.78, 5) is 23.4. The first-order chi connectivity index (χ1) is 10.9. The normalized spacial score (nSPS) is 11.9. The number of H-pyrrole nitrogens is 1. The molecule has 0 bridgehead atoms. The second-order valence-corrected chi connectivity index (χ2v) is 5.35. The minimum atomic E-state index is -1.16. The first kappa shape index (κ1) is 16.5. The Morgan fingerprint density at radius 1 is 1.26 bits per heavy atom. The van der Waals surface area contributed by atoms with Gasteiger partial charge in [0.25, 0.3) is 0 Å². The van der Waals surface area contributed by atoms with E-state index in [1.807, 2.05) is 13.8 Å². The zero-order chi connectivity index (χ0) is 17.0. The van der Waals surface area contributed by atoms with E-state index in [2.05, 4.69) is 15.5 Å². The molecule has 4 N–H and O–H groups in total. The monoisotopic (exact) mass is 317 g/mol. The van der Waals surface area contributed by atoms with Gasteiger partial charge in [0, 0.05) is 18.5 Å². The summed E-state index contributed by atoms with van der Waals surface area (Å²) in [6, 6.07) is 4.55. The van der Waals surface area contributed by atoms with Crippen molar-refractivity contribution in [3.05, 3.63) is 46.8 Å². The average Bonchev–Trinajstić information content (AvgIpc) is 2.83. The highest BCUT2D eigenvalue weighted by Crippen LogP contribution is 2.18. The number of carbonyl (C=O) groups excluding carboxylic acids is 1. The van der Waals surface area contributed by atoms with E-state index < -0.39 is 12.0 Å². The zero-order valence-corrected chi connectivity index (χ0v) is 13.0. The number of aromatic nitrogens is 2. The summed E-state index contributed by atoms with van der Waals surface area (Å²) in [6.07, 6.45) is 0.580. The van der Waals surface area contributed by atoms with Gasteiger partial charge < -0.3 is 15.5 Å². The van der Waals surface area contributed by atoms with Crippen LogP contribution in [0.4, 0.5) is 0 Å². The molecule has 1 atom stereocenters. The Hall–Kier alpha value is -2.83. The number of rotatable bonds is 6. The Balaban J connectivity index is 1.99. The molecule has 1 amide bonds. The summed E-state index contributed by atoms with van der Waals surface area (Å²) in [5.74, 6) is -1.49. The fraction of sp³-hybridized carbons (Fsp3) is 0.312. The van der Waals surface area contributed by atoms with E-state index in [1.165, 1.54) is 24.3 Å². The minimum Gasteiger partial charge on any atom is -0.508 e. The number of phenols is 1. The highest BCUT2D eigenvalue weighted by molar-refractivity contribution is 5.84. The fourth-order valence-corrected chi connectivity index (χ4v) is 2.20. The van der Waals surface area contributed by atoms with Gasteiger partial charge in [-0.2, -0.15) is 5.10 Å². The van der Waals surface area contributed by atoms with E-state index in [0.717, 1.165) is 17.0 Å². The highest BCUT2D eigenvalue weighted by Gasteiger charge is 2.22. The first-order valence-electron chi connectivity index (χ1n) is 7.20. The van der Waals surface area contributed by atoms with Crippen LogP contribution < -0.4 is 5.32 Å². The standard InChI is InChI=1S/C16H19N3O4/c1-9-10(2)18-19-13(9)7-8-14(21)17-15(16(22)23)11-3-5-12(20)6-4-11/h3-6,15,20H,7-8H2,1-2H3,(H,17,21)(H,18,19)(H,22,23)/t15-/m1/s1. The van der Waals surface area contributed by atoms with Crippen LogP contribution in [-0.4, -0.2) is 32.3 Å². The number of hydrogen-bond acceptors (Lipinski definition) is 4. The van der Waals surface area contributed by atoms with Crippen LogP contribution in [0.25, 0.3) is 0 Å². The molecule has 0 aliphatic rings. The Morgan fingerprint density at radius 2 is 1.91 bits per heavy atom.